The standard InChI is InChI=1S/C38H46ClN9O5S/c1-54-22-33(49)45-31(19-24-13-15-26(39)16-14-24)36(52)48-32(18-23-8-3-2-4-9-23)37(53)46-29(12-7-17-43-38(41)42)35(51)47-30(34(40)50)20-25-21-44-28-11-6-5-10-27(25)28/h2-6,8-11,13-16,21,29-32,44H,7,12,17-20,22H2,1H3,(H2,40,50)(H,45,49)(H,46,53)(H,47,51)(H,48,52)(H4,41,42,43)/t29-,30-,31-,32-/m0/s1. The Morgan fingerprint density at radius 2 is 1.30 bits per heavy atom. The van der Waals surface area contributed by atoms with Gasteiger partial charge in [-0.05, 0) is 54.0 Å². The van der Waals surface area contributed by atoms with Gasteiger partial charge in [-0.1, -0.05) is 72.3 Å². The van der Waals surface area contributed by atoms with Crippen LogP contribution in [0.2, 0.25) is 5.02 Å². The summed E-state index contributed by atoms with van der Waals surface area (Å²) in [4.78, 5) is 74.3. The van der Waals surface area contributed by atoms with E-state index in [0.717, 1.165) is 27.6 Å². The van der Waals surface area contributed by atoms with E-state index in [9.17, 15) is 24.0 Å². The molecule has 0 saturated carbocycles. The average molecular weight is 776 g/mol. The fourth-order valence-electron chi connectivity index (χ4n) is 5.82. The summed E-state index contributed by atoms with van der Waals surface area (Å²) < 4.78 is 0. The maximum absolute atomic E-state index is 14.1. The number of primary amides is 1. The van der Waals surface area contributed by atoms with Crippen molar-refractivity contribution < 1.29 is 24.0 Å². The van der Waals surface area contributed by atoms with Crippen LogP contribution < -0.4 is 38.5 Å². The molecule has 0 radical (unpaired) electrons. The van der Waals surface area contributed by atoms with Crippen molar-refractivity contribution in [1.82, 2.24) is 26.3 Å². The van der Waals surface area contributed by atoms with Gasteiger partial charge in [0.05, 0.1) is 5.75 Å². The van der Waals surface area contributed by atoms with Gasteiger partial charge in [0.25, 0.3) is 0 Å². The van der Waals surface area contributed by atoms with Gasteiger partial charge in [-0.15, -0.1) is 0 Å². The zero-order chi connectivity index (χ0) is 39.0. The zero-order valence-corrected chi connectivity index (χ0v) is 31.4. The van der Waals surface area contributed by atoms with Crippen molar-refractivity contribution in [2.45, 2.75) is 56.3 Å². The summed E-state index contributed by atoms with van der Waals surface area (Å²) >= 11 is 7.37. The van der Waals surface area contributed by atoms with Crippen molar-refractivity contribution in [3.05, 3.63) is 107 Å². The van der Waals surface area contributed by atoms with Gasteiger partial charge < -0.3 is 43.5 Å². The Hall–Kier alpha value is -5.54. The van der Waals surface area contributed by atoms with Crippen LogP contribution in [0.25, 0.3) is 10.9 Å². The third kappa shape index (κ3) is 12.8. The molecule has 0 saturated heterocycles. The van der Waals surface area contributed by atoms with Crippen molar-refractivity contribution in [3.8, 4) is 0 Å². The van der Waals surface area contributed by atoms with Gasteiger partial charge in [-0.3, -0.25) is 29.0 Å². The summed E-state index contributed by atoms with van der Waals surface area (Å²) in [5, 5.41) is 12.5. The van der Waals surface area contributed by atoms with Gasteiger partial charge in [0, 0.05) is 47.9 Å². The molecule has 286 valence electrons. The van der Waals surface area contributed by atoms with Crippen LogP contribution >= 0.6 is 23.4 Å². The van der Waals surface area contributed by atoms with E-state index >= 15 is 0 Å². The van der Waals surface area contributed by atoms with E-state index in [1.165, 1.54) is 11.8 Å². The van der Waals surface area contributed by atoms with E-state index in [-0.39, 0.29) is 49.8 Å². The molecule has 1 heterocycles. The first kappa shape index (κ1) is 41.2. The Morgan fingerprint density at radius 3 is 1.94 bits per heavy atom. The van der Waals surface area contributed by atoms with Crippen LogP contribution in [-0.4, -0.2) is 83.2 Å². The molecule has 11 N–H and O–H groups in total. The largest absolute Gasteiger partial charge is 0.370 e. The van der Waals surface area contributed by atoms with E-state index < -0.39 is 47.8 Å². The number of rotatable bonds is 20. The van der Waals surface area contributed by atoms with Gasteiger partial charge in [0.2, 0.25) is 29.5 Å². The Morgan fingerprint density at radius 1 is 0.722 bits per heavy atom. The second-order valence-corrected chi connectivity index (χ2v) is 14.0. The number of aromatic amines is 1. The van der Waals surface area contributed by atoms with Gasteiger partial charge in [0.15, 0.2) is 5.96 Å². The summed E-state index contributed by atoms with van der Waals surface area (Å²) in [5.74, 6) is -3.04. The predicted molar refractivity (Wildman–Crippen MR) is 213 cm³/mol. The van der Waals surface area contributed by atoms with Crippen LogP contribution in [0.5, 0.6) is 0 Å². The van der Waals surface area contributed by atoms with E-state index in [0.29, 0.717) is 11.4 Å². The molecule has 0 aliphatic rings. The predicted octanol–water partition coefficient (Wildman–Crippen LogP) is 1.69. The molecule has 54 heavy (non-hydrogen) atoms. The third-order valence-corrected chi connectivity index (χ3v) is 9.34. The Balaban J connectivity index is 1.58. The first-order valence-electron chi connectivity index (χ1n) is 17.3. The number of aromatic nitrogens is 1. The lowest BCUT2D eigenvalue weighted by Gasteiger charge is -2.26. The smallest absolute Gasteiger partial charge is 0.243 e. The summed E-state index contributed by atoms with van der Waals surface area (Å²) in [6, 6.07) is 19.0. The van der Waals surface area contributed by atoms with Crippen molar-refractivity contribution in [3.63, 3.8) is 0 Å². The number of thioether (sulfide) groups is 1. The summed E-state index contributed by atoms with van der Waals surface area (Å²) in [7, 11) is 0. The first-order chi connectivity index (χ1) is 25.9. The molecule has 16 heteroatoms. The van der Waals surface area contributed by atoms with Crippen molar-refractivity contribution >= 4 is 69.8 Å². The number of carbonyl (C=O) groups excluding carboxylic acids is 5. The quantitative estimate of drug-likeness (QED) is 0.0373. The molecular formula is C38H46ClN9O5S. The molecule has 4 rings (SSSR count). The second kappa shape index (κ2) is 20.6. The number of aliphatic imine (C=N–C) groups is 1. The fourth-order valence-corrected chi connectivity index (χ4v) is 6.30. The zero-order valence-electron chi connectivity index (χ0n) is 29.8. The number of amides is 5. The van der Waals surface area contributed by atoms with Crippen LogP contribution in [0, 0.1) is 0 Å². The van der Waals surface area contributed by atoms with Crippen molar-refractivity contribution in [2.75, 3.05) is 18.6 Å². The molecule has 0 aliphatic heterocycles. The molecule has 4 aromatic rings. The van der Waals surface area contributed by atoms with Gasteiger partial charge in [-0.2, -0.15) is 11.8 Å². The number of hydrogen-bond acceptors (Lipinski definition) is 7. The first-order valence-corrected chi connectivity index (χ1v) is 19.1. The highest BCUT2D eigenvalue weighted by atomic mass is 35.5. The molecule has 3 aromatic carbocycles. The number of guanidine groups is 1. The lowest BCUT2D eigenvalue weighted by Crippen LogP contribution is -2.59. The fraction of sp³-hybridized carbons (Fsp3) is 0.316. The van der Waals surface area contributed by atoms with E-state index in [1.807, 2.05) is 30.3 Å². The average Bonchev–Trinajstić information content (AvgIpc) is 3.55. The number of fused-ring (bicyclic) bond motifs is 1. The topological polar surface area (TPSA) is 240 Å². The van der Waals surface area contributed by atoms with E-state index in [4.69, 9.17) is 28.8 Å². The van der Waals surface area contributed by atoms with Crippen LogP contribution in [-0.2, 0) is 43.2 Å². The molecule has 0 fully saturated rings. The highest BCUT2D eigenvalue weighted by Gasteiger charge is 2.31. The molecule has 5 amide bonds. The molecule has 0 unspecified atom stereocenters. The molecule has 1 aromatic heterocycles. The minimum atomic E-state index is -1.17. The second-order valence-electron chi connectivity index (χ2n) is 12.7. The minimum Gasteiger partial charge on any atom is -0.370 e. The SMILES string of the molecule is CSCC(=O)N[C@@H](Cc1ccc(Cl)cc1)C(=O)N[C@@H](Cc1ccccc1)C(=O)N[C@@H](CCCN=C(N)N)C(=O)N[C@@H](Cc1c[nH]c2ccccc12)C(N)=O. The number of nitrogens with two attached hydrogens (primary N) is 3. The molecule has 14 nitrogen and oxygen atoms in total. The van der Waals surface area contributed by atoms with Gasteiger partial charge in [-0.25, -0.2) is 0 Å². The molecular weight excluding hydrogens is 730 g/mol. The third-order valence-electron chi connectivity index (χ3n) is 8.53. The number of benzene rings is 3. The summed E-state index contributed by atoms with van der Waals surface area (Å²) in [6.07, 6.45) is 4.20. The van der Waals surface area contributed by atoms with Crippen LogP contribution in [0.15, 0.2) is 90.1 Å². The number of para-hydroxylation sites is 1. The highest BCUT2D eigenvalue weighted by molar-refractivity contribution is 7.99. The molecule has 0 spiro atoms. The van der Waals surface area contributed by atoms with Crippen LogP contribution in [0.4, 0.5) is 0 Å². The maximum atomic E-state index is 14.1. The molecule has 0 bridgehead atoms. The van der Waals surface area contributed by atoms with E-state index in [2.05, 4.69) is 31.2 Å². The summed E-state index contributed by atoms with van der Waals surface area (Å²) in [5.41, 5.74) is 19.8. The molecule has 0 aliphatic carbocycles. The van der Waals surface area contributed by atoms with Crippen molar-refractivity contribution in [2.24, 2.45) is 22.2 Å². The maximum Gasteiger partial charge on any atom is 0.243 e. The Kier molecular flexibility index (Phi) is 15.8. The normalized spacial score (nSPS) is 13.1. The monoisotopic (exact) mass is 775 g/mol. The number of hydrogen-bond donors (Lipinski definition) is 8. The van der Waals surface area contributed by atoms with E-state index in [1.54, 1.807) is 61.0 Å². The number of carbonyl (C=O) groups is 5. The van der Waals surface area contributed by atoms with Crippen LogP contribution in [0.1, 0.15) is 29.5 Å². The minimum absolute atomic E-state index is 0.0671. The Labute approximate surface area is 322 Å². The van der Waals surface area contributed by atoms with Crippen molar-refractivity contribution in [1.29, 1.82) is 0 Å². The number of nitrogens with one attached hydrogen (secondary N) is 5. The lowest BCUT2D eigenvalue weighted by molar-refractivity contribution is -0.134. The highest BCUT2D eigenvalue weighted by Crippen LogP contribution is 2.19. The molecule has 4 atom stereocenters. The number of H-pyrrole nitrogens is 1. The summed E-state index contributed by atoms with van der Waals surface area (Å²) in [6.45, 7) is 0.170. The van der Waals surface area contributed by atoms with Gasteiger partial charge >= 0.3 is 0 Å². The lowest BCUT2D eigenvalue weighted by atomic mass is 10.0. The number of nitrogens with zero attached hydrogens (tertiary/aromatic N) is 1. The number of halogens is 1. The Bertz CT molecular complexity index is 1920. The van der Waals surface area contributed by atoms with Crippen LogP contribution in [0.3, 0.4) is 0 Å². The van der Waals surface area contributed by atoms with Gasteiger partial charge in [0.1, 0.15) is 24.2 Å².